The van der Waals surface area contributed by atoms with Gasteiger partial charge >= 0.3 is 0 Å². The summed E-state index contributed by atoms with van der Waals surface area (Å²) in [5.74, 6) is -0.0647. The Kier molecular flexibility index (Phi) is 4.29. The van der Waals surface area contributed by atoms with E-state index in [1.165, 1.54) is 21.9 Å². The molecule has 1 aromatic heterocycles. The lowest BCUT2D eigenvalue weighted by Crippen LogP contribution is -2.37. The van der Waals surface area contributed by atoms with Crippen LogP contribution in [0.5, 0.6) is 0 Å². The molecular weight excluding hydrogens is 326 g/mol. The summed E-state index contributed by atoms with van der Waals surface area (Å²) in [6.07, 6.45) is 4.36. The fourth-order valence-electron chi connectivity index (χ4n) is 3.83. The lowest BCUT2D eigenvalue weighted by atomic mass is 9.87. The van der Waals surface area contributed by atoms with Crippen molar-refractivity contribution in [2.45, 2.75) is 31.8 Å². The van der Waals surface area contributed by atoms with Crippen LogP contribution in [0.2, 0.25) is 0 Å². The highest BCUT2D eigenvalue weighted by molar-refractivity contribution is 5.80. The van der Waals surface area contributed by atoms with Crippen LogP contribution in [0.3, 0.4) is 0 Å². The molecule has 1 amide bonds. The van der Waals surface area contributed by atoms with Gasteiger partial charge in [0.1, 0.15) is 6.54 Å². The minimum atomic E-state index is -0.255. The van der Waals surface area contributed by atoms with E-state index >= 15 is 0 Å². The molecule has 4 rings (SSSR count). The molecule has 0 saturated carbocycles. The van der Waals surface area contributed by atoms with E-state index in [1.54, 1.807) is 4.90 Å². The zero-order chi connectivity index (χ0) is 18.1. The lowest BCUT2D eigenvalue weighted by Gasteiger charge is -2.33. The van der Waals surface area contributed by atoms with Crippen LogP contribution >= 0.6 is 0 Å². The van der Waals surface area contributed by atoms with Gasteiger partial charge in [0.2, 0.25) is 5.91 Å². The average molecular weight is 347 g/mol. The number of para-hydroxylation sites is 2. The van der Waals surface area contributed by atoms with Crippen molar-refractivity contribution in [1.82, 2.24) is 14.5 Å². The molecule has 0 bridgehead atoms. The maximum atomic E-state index is 13.0. The topological polar surface area (TPSA) is 55.2 Å². The van der Waals surface area contributed by atoms with Gasteiger partial charge in [0.05, 0.1) is 23.3 Å². The number of hydrogen-bond acceptors (Lipinski definition) is 3. The van der Waals surface area contributed by atoms with Gasteiger partial charge in [-0.05, 0) is 42.5 Å². The molecule has 26 heavy (non-hydrogen) atoms. The SMILES string of the molecule is CN(C(=O)Cn1c(=O)cnc2ccccc21)[C@@H]1CCCc2ccccc21. The summed E-state index contributed by atoms with van der Waals surface area (Å²) in [4.78, 5) is 31.2. The molecule has 132 valence electrons. The third kappa shape index (κ3) is 2.90. The standard InChI is InChI=1S/C21H21N3O2/c1-23(18-12-6-8-15-7-2-3-9-16(15)18)21(26)14-24-19-11-5-4-10-17(19)22-13-20(24)25/h2-5,7,9-11,13,18H,6,8,12,14H2,1H3/t18-/m1/s1. The number of carbonyl (C=O) groups excluding carboxylic acids is 1. The van der Waals surface area contributed by atoms with E-state index in [9.17, 15) is 9.59 Å². The van der Waals surface area contributed by atoms with Gasteiger partial charge in [-0.1, -0.05) is 36.4 Å². The van der Waals surface area contributed by atoms with Gasteiger partial charge in [-0.25, -0.2) is 4.98 Å². The van der Waals surface area contributed by atoms with Gasteiger partial charge in [-0.15, -0.1) is 0 Å². The van der Waals surface area contributed by atoms with Crippen LogP contribution in [-0.2, 0) is 17.8 Å². The molecule has 0 N–H and O–H groups in total. The molecule has 5 nitrogen and oxygen atoms in total. The van der Waals surface area contributed by atoms with Gasteiger partial charge in [0.25, 0.3) is 5.56 Å². The fourth-order valence-corrected chi connectivity index (χ4v) is 3.83. The van der Waals surface area contributed by atoms with Gasteiger partial charge in [-0.2, -0.15) is 0 Å². The summed E-state index contributed by atoms with van der Waals surface area (Å²) in [5.41, 5.74) is 3.68. The van der Waals surface area contributed by atoms with Crippen LogP contribution < -0.4 is 5.56 Å². The molecule has 0 aliphatic heterocycles. The molecule has 3 aromatic rings. The number of rotatable bonds is 3. The molecule has 0 unspecified atom stereocenters. The molecule has 0 spiro atoms. The van der Waals surface area contributed by atoms with Crippen molar-refractivity contribution in [3.63, 3.8) is 0 Å². The molecule has 1 heterocycles. The van der Waals surface area contributed by atoms with Crippen molar-refractivity contribution in [3.8, 4) is 0 Å². The quantitative estimate of drug-likeness (QED) is 0.732. The lowest BCUT2D eigenvalue weighted by molar-refractivity contribution is -0.133. The predicted molar refractivity (Wildman–Crippen MR) is 101 cm³/mol. The highest BCUT2D eigenvalue weighted by Gasteiger charge is 2.26. The van der Waals surface area contributed by atoms with E-state index in [-0.39, 0.29) is 24.1 Å². The van der Waals surface area contributed by atoms with Gasteiger partial charge in [0.15, 0.2) is 0 Å². The third-order valence-electron chi connectivity index (χ3n) is 5.24. The molecule has 0 radical (unpaired) electrons. The summed E-state index contributed by atoms with van der Waals surface area (Å²) in [6, 6.07) is 15.8. The van der Waals surface area contributed by atoms with Crippen molar-refractivity contribution in [2.24, 2.45) is 0 Å². The summed E-state index contributed by atoms with van der Waals surface area (Å²) in [5, 5.41) is 0. The van der Waals surface area contributed by atoms with Gasteiger partial charge < -0.3 is 4.90 Å². The van der Waals surface area contributed by atoms with Crippen LogP contribution in [0.25, 0.3) is 11.0 Å². The summed E-state index contributed by atoms with van der Waals surface area (Å²) >= 11 is 0. The predicted octanol–water partition coefficient (Wildman–Crippen LogP) is 2.93. The highest BCUT2D eigenvalue weighted by atomic mass is 16.2. The number of amides is 1. The highest BCUT2D eigenvalue weighted by Crippen LogP contribution is 2.33. The first-order chi connectivity index (χ1) is 12.6. The first kappa shape index (κ1) is 16.5. The van der Waals surface area contributed by atoms with Gasteiger partial charge in [0, 0.05) is 7.05 Å². The second kappa shape index (κ2) is 6.75. The third-order valence-corrected chi connectivity index (χ3v) is 5.24. The molecule has 0 saturated heterocycles. The number of hydrogen-bond donors (Lipinski definition) is 0. The van der Waals surface area contributed by atoms with Gasteiger partial charge in [-0.3, -0.25) is 14.2 Å². The maximum Gasteiger partial charge on any atom is 0.269 e. The van der Waals surface area contributed by atoms with E-state index in [0.29, 0.717) is 11.0 Å². The number of likely N-dealkylation sites (N-methyl/N-ethyl adjacent to an activating group) is 1. The van der Waals surface area contributed by atoms with E-state index in [1.807, 2.05) is 43.4 Å². The largest absolute Gasteiger partial charge is 0.337 e. The normalized spacial score (nSPS) is 16.3. The number of benzene rings is 2. The van der Waals surface area contributed by atoms with E-state index < -0.39 is 0 Å². The van der Waals surface area contributed by atoms with Crippen LogP contribution in [0.15, 0.2) is 59.5 Å². The van der Waals surface area contributed by atoms with E-state index in [4.69, 9.17) is 0 Å². The summed E-state index contributed by atoms with van der Waals surface area (Å²) < 4.78 is 1.51. The van der Waals surface area contributed by atoms with Crippen molar-refractivity contribution < 1.29 is 4.79 Å². The average Bonchev–Trinajstić information content (AvgIpc) is 2.69. The molecular formula is C21H21N3O2. The maximum absolute atomic E-state index is 13.0. The Morgan fingerprint density at radius 2 is 1.96 bits per heavy atom. The molecule has 1 atom stereocenters. The van der Waals surface area contributed by atoms with Crippen LogP contribution in [0.4, 0.5) is 0 Å². The van der Waals surface area contributed by atoms with Crippen LogP contribution in [0, 0.1) is 0 Å². The minimum Gasteiger partial charge on any atom is -0.337 e. The van der Waals surface area contributed by atoms with Crippen molar-refractivity contribution in [1.29, 1.82) is 0 Å². The fraction of sp³-hybridized carbons (Fsp3) is 0.286. The minimum absolute atomic E-state index is 0.0248. The number of fused-ring (bicyclic) bond motifs is 2. The van der Waals surface area contributed by atoms with E-state index in [2.05, 4.69) is 17.1 Å². The van der Waals surface area contributed by atoms with Crippen molar-refractivity contribution in [2.75, 3.05) is 7.05 Å². The zero-order valence-corrected chi connectivity index (χ0v) is 14.8. The second-order valence-corrected chi connectivity index (χ2v) is 6.78. The molecule has 2 aromatic carbocycles. The Morgan fingerprint density at radius 1 is 1.19 bits per heavy atom. The summed E-state index contributed by atoms with van der Waals surface area (Å²) in [7, 11) is 1.84. The number of aryl methyl sites for hydroxylation is 1. The first-order valence-corrected chi connectivity index (χ1v) is 8.93. The molecule has 1 aliphatic rings. The zero-order valence-electron chi connectivity index (χ0n) is 14.8. The van der Waals surface area contributed by atoms with E-state index in [0.717, 1.165) is 19.3 Å². The molecule has 0 fully saturated rings. The van der Waals surface area contributed by atoms with Crippen molar-refractivity contribution >= 4 is 16.9 Å². The first-order valence-electron chi connectivity index (χ1n) is 8.93. The summed E-state index contributed by atoms with van der Waals surface area (Å²) in [6.45, 7) is 0.0248. The monoisotopic (exact) mass is 347 g/mol. The Bertz CT molecular complexity index is 1020. The molecule has 5 heteroatoms. The second-order valence-electron chi connectivity index (χ2n) is 6.78. The Morgan fingerprint density at radius 3 is 2.85 bits per heavy atom. The molecule has 1 aliphatic carbocycles. The smallest absolute Gasteiger partial charge is 0.269 e. The van der Waals surface area contributed by atoms with Crippen molar-refractivity contribution in [3.05, 3.63) is 76.2 Å². The van der Waals surface area contributed by atoms with Crippen LogP contribution in [0.1, 0.15) is 30.0 Å². The Balaban J connectivity index is 1.64. The Hall–Kier alpha value is -2.95. The number of carbonyl (C=O) groups is 1. The number of aromatic nitrogens is 2. The van der Waals surface area contributed by atoms with Crippen LogP contribution in [-0.4, -0.2) is 27.4 Å². The number of nitrogens with zero attached hydrogens (tertiary/aromatic N) is 3. The Labute approximate surface area is 151 Å².